The first-order valence-electron chi connectivity index (χ1n) is 6.40. The predicted molar refractivity (Wildman–Crippen MR) is 80.7 cm³/mol. The molecule has 19 heavy (non-hydrogen) atoms. The van der Waals surface area contributed by atoms with Crippen LogP contribution in [0.2, 0.25) is 0 Å². The Morgan fingerprint density at radius 1 is 1.32 bits per heavy atom. The van der Waals surface area contributed by atoms with Gasteiger partial charge in [0.15, 0.2) is 0 Å². The van der Waals surface area contributed by atoms with Crippen LogP contribution in [0.25, 0.3) is 0 Å². The third kappa shape index (κ3) is 5.98. The highest BCUT2D eigenvalue weighted by atomic mass is 32.2. The van der Waals surface area contributed by atoms with E-state index in [0.717, 1.165) is 10.6 Å². The Bertz CT molecular complexity index is 393. The number of carbonyl (C=O) groups is 1. The number of hydrogen-bond acceptors (Lipinski definition) is 3. The molecule has 1 aromatic rings. The quantitative estimate of drug-likeness (QED) is 0.703. The lowest BCUT2D eigenvalue weighted by Gasteiger charge is -2.14. The average molecular weight is 282 g/mol. The molecule has 3 N–H and O–H groups in total. The smallest absolute Gasteiger partial charge is 0.319 e. The molecule has 106 valence electrons. The molecule has 5 heteroatoms. The molecule has 0 heterocycles. The molecule has 0 fully saturated rings. The molecule has 0 aliphatic rings. The van der Waals surface area contributed by atoms with Crippen LogP contribution in [0.3, 0.4) is 0 Å². The van der Waals surface area contributed by atoms with E-state index in [0.29, 0.717) is 13.0 Å². The van der Waals surface area contributed by atoms with Gasteiger partial charge in [0, 0.05) is 17.1 Å². The van der Waals surface area contributed by atoms with Crippen molar-refractivity contribution in [2.75, 3.05) is 18.1 Å². The van der Waals surface area contributed by atoms with E-state index in [1.54, 1.807) is 11.8 Å². The van der Waals surface area contributed by atoms with Crippen LogP contribution in [-0.4, -0.2) is 30.0 Å². The Kier molecular flexibility index (Phi) is 6.73. The molecule has 0 aromatic heterocycles. The van der Waals surface area contributed by atoms with Gasteiger partial charge in [0.1, 0.15) is 0 Å². The van der Waals surface area contributed by atoms with Crippen molar-refractivity contribution in [1.82, 2.24) is 5.32 Å². The second-order valence-corrected chi connectivity index (χ2v) is 5.59. The molecule has 0 radical (unpaired) electrons. The number of anilines is 1. The van der Waals surface area contributed by atoms with Crippen LogP contribution >= 0.6 is 11.8 Å². The first kappa shape index (κ1) is 15.9. The van der Waals surface area contributed by atoms with Gasteiger partial charge < -0.3 is 15.7 Å². The summed E-state index contributed by atoms with van der Waals surface area (Å²) >= 11 is 1.66. The molecule has 4 nitrogen and oxygen atoms in total. The monoisotopic (exact) mass is 282 g/mol. The molecule has 0 bridgehead atoms. The lowest BCUT2D eigenvalue weighted by Crippen LogP contribution is -2.32. The van der Waals surface area contributed by atoms with Crippen molar-refractivity contribution in [3.05, 3.63) is 24.3 Å². The summed E-state index contributed by atoms with van der Waals surface area (Å²) < 4.78 is 0. The zero-order chi connectivity index (χ0) is 14.3. The second kappa shape index (κ2) is 8.07. The molecule has 2 amide bonds. The van der Waals surface area contributed by atoms with Gasteiger partial charge in [-0.15, -0.1) is 11.8 Å². The lowest BCUT2D eigenvalue weighted by atomic mass is 10.0. The van der Waals surface area contributed by atoms with E-state index in [2.05, 4.69) is 10.6 Å². The Hall–Kier alpha value is -1.20. The van der Waals surface area contributed by atoms with Crippen molar-refractivity contribution >= 4 is 23.5 Å². The minimum atomic E-state index is -0.374. The fourth-order valence-corrected chi connectivity index (χ4v) is 1.92. The molecule has 1 rings (SSSR count). The molecular weight excluding hydrogens is 260 g/mol. The fraction of sp³-hybridized carbons (Fsp3) is 0.500. The highest BCUT2D eigenvalue weighted by molar-refractivity contribution is 7.98. The Morgan fingerprint density at radius 2 is 1.95 bits per heavy atom. The van der Waals surface area contributed by atoms with Gasteiger partial charge in [0.25, 0.3) is 0 Å². The maximum atomic E-state index is 11.6. The molecule has 0 spiro atoms. The van der Waals surface area contributed by atoms with Crippen molar-refractivity contribution in [2.24, 2.45) is 5.92 Å². The molecule has 1 aromatic carbocycles. The summed E-state index contributed by atoms with van der Waals surface area (Å²) in [7, 11) is 0. The molecule has 1 atom stereocenters. The standard InChI is InChI=1S/C14H22N2O2S/c1-10(2)13(17)8-9-15-14(18)16-11-4-6-12(19-3)7-5-11/h4-7,10,13,17H,8-9H2,1-3H3,(H2,15,16,18). The Labute approximate surface area is 119 Å². The number of carbonyl (C=O) groups excluding carboxylic acids is 1. The van der Waals surface area contributed by atoms with Gasteiger partial charge in [0.2, 0.25) is 0 Å². The lowest BCUT2D eigenvalue weighted by molar-refractivity contribution is 0.117. The maximum absolute atomic E-state index is 11.6. The Balaban J connectivity index is 2.30. The third-order valence-electron chi connectivity index (χ3n) is 2.84. The largest absolute Gasteiger partial charge is 0.393 e. The summed E-state index contributed by atoms with van der Waals surface area (Å²) in [6.45, 7) is 4.38. The summed E-state index contributed by atoms with van der Waals surface area (Å²) in [5, 5.41) is 15.1. The number of hydrogen-bond donors (Lipinski definition) is 3. The average Bonchev–Trinajstić information content (AvgIpc) is 2.39. The van der Waals surface area contributed by atoms with Gasteiger partial charge in [-0.2, -0.15) is 0 Å². The van der Waals surface area contributed by atoms with Crippen molar-refractivity contribution in [2.45, 2.75) is 31.3 Å². The van der Waals surface area contributed by atoms with E-state index >= 15 is 0 Å². The van der Waals surface area contributed by atoms with Crippen LogP contribution in [0.5, 0.6) is 0 Å². The molecule has 1 unspecified atom stereocenters. The number of urea groups is 1. The number of benzene rings is 1. The van der Waals surface area contributed by atoms with Crippen molar-refractivity contribution < 1.29 is 9.90 Å². The van der Waals surface area contributed by atoms with E-state index in [1.807, 2.05) is 44.4 Å². The second-order valence-electron chi connectivity index (χ2n) is 4.71. The zero-order valence-electron chi connectivity index (χ0n) is 11.6. The fourth-order valence-electron chi connectivity index (χ4n) is 1.52. The molecule has 0 saturated heterocycles. The number of nitrogens with one attached hydrogen (secondary N) is 2. The van der Waals surface area contributed by atoms with Crippen molar-refractivity contribution in [3.8, 4) is 0 Å². The summed E-state index contributed by atoms with van der Waals surface area (Å²) in [4.78, 5) is 12.8. The van der Waals surface area contributed by atoms with Gasteiger partial charge >= 0.3 is 6.03 Å². The van der Waals surface area contributed by atoms with Gasteiger partial charge in [-0.3, -0.25) is 0 Å². The van der Waals surface area contributed by atoms with Crippen LogP contribution in [0.1, 0.15) is 20.3 Å². The van der Waals surface area contributed by atoms with E-state index in [1.165, 1.54) is 0 Å². The maximum Gasteiger partial charge on any atom is 0.319 e. The first-order chi connectivity index (χ1) is 9.02. The number of thioether (sulfide) groups is 1. The van der Waals surface area contributed by atoms with Crippen LogP contribution in [0.15, 0.2) is 29.2 Å². The summed E-state index contributed by atoms with van der Waals surface area (Å²) in [6.07, 6.45) is 2.20. The number of amides is 2. The van der Waals surface area contributed by atoms with Crippen LogP contribution in [0, 0.1) is 5.92 Å². The molecule has 0 aliphatic heterocycles. The third-order valence-corrected chi connectivity index (χ3v) is 3.59. The minimum Gasteiger partial charge on any atom is -0.393 e. The van der Waals surface area contributed by atoms with E-state index in [4.69, 9.17) is 0 Å². The molecule has 0 aliphatic carbocycles. The van der Waals surface area contributed by atoms with Gasteiger partial charge in [0.05, 0.1) is 6.10 Å². The topological polar surface area (TPSA) is 61.4 Å². The van der Waals surface area contributed by atoms with Gasteiger partial charge in [-0.1, -0.05) is 13.8 Å². The van der Waals surface area contributed by atoms with E-state index < -0.39 is 0 Å². The van der Waals surface area contributed by atoms with Crippen LogP contribution < -0.4 is 10.6 Å². The van der Waals surface area contributed by atoms with Gasteiger partial charge in [-0.25, -0.2) is 4.79 Å². The number of aliphatic hydroxyl groups excluding tert-OH is 1. The number of rotatable bonds is 6. The summed E-state index contributed by atoms with van der Waals surface area (Å²) in [5.74, 6) is 0.212. The van der Waals surface area contributed by atoms with E-state index in [-0.39, 0.29) is 18.1 Å². The summed E-state index contributed by atoms with van der Waals surface area (Å²) in [6, 6.07) is 7.42. The van der Waals surface area contributed by atoms with Crippen LogP contribution in [-0.2, 0) is 0 Å². The van der Waals surface area contributed by atoms with Crippen LogP contribution in [0.4, 0.5) is 10.5 Å². The number of aliphatic hydroxyl groups is 1. The van der Waals surface area contributed by atoms with Gasteiger partial charge in [-0.05, 0) is 42.9 Å². The highest BCUT2D eigenvalue weighted by Gasteiger charge is 2.09. The summed E-state index contributed by atoms with van der Waals surface area (Å²) in [5.41, 5.74) is 0.764. The predicted octanol–water partition coefficient (Wildman–Crippen LogP) is 2.94. The highest BCUT2D eigenvalue weighted by Crippen LogP contribution is 2.17. The molecular formula is C14H22N2O2S. The normalized spacial score (nSPS) is 12.3. The minimum absolute atomic E-state index is 0.212. The van der Waals surface area contributed by atoms with E-state index in [9.17, 15) is 9.90 Å². The SMILES string of the molecule is CSc1ccc(NC(=O)NCCC(O)C(C)C)cc1. The Morgan fingerprint density at radius 3 is 2.47 bits per heavy atom. The zero-order valence-corrected chi connectivity index (χ0v) is 12.5. The molecule has 0 saturated carbocycles. The first-order valence-corrected chi connectivity index (χ1v) is 7.62. The van der Waals surface area contributed by atoms with Crippen molar-refractivity contribution in [3.63, 3.8) is 0 Å². The van der Waals surface area contributed by atoms with Crippen molar-refractivity contribution in [1.29, 1.82) is 0 Å².